The number of aryl methyl sites for hydroxylation is 2. The van der Waals surface area contributed by atoms with Crippen LogP contribution >= 0.6 is 11.6 Å². The molecule has 2 N–H and O–H groups in total. The van der Waals surface area contributed by atoms with Crippen molar-refractivity contribution < 1.29 is 9.53 Å². The molecule has 0 saturated carbocycles. The molecular formula is C17H19ClN2O2. The highest BCUT2D eigenvalue weighted by atomic mass is 35.5. The molecule has 0 aromatic heterocycles. The largest absolute Gasteiger partial charge is 0.495 e. The zero-order chi connectivity index (χ0) is 16.1. The monoisotopic (exact) mass is 318 g/mol. The summed E-state index contributed by atoms with van der Waals surface area (Å²) in [7, 11) is 1.56. The molecule has 0 heterocycles. The minimum atomic E-state index is -0.114. The quantitative estimate of drug-likeness (QED) is 0.875. The second-order valence-corrected chi connectivity index (χ2v) is 5.53. The van der Waals surface area contributed by atoms with Gasteiger partial charge in [-0.15, -0.1) is 0 Å². The summed E-state index contributed by atoms with van der Waals surface area (Å²) in [5, 5.41) is 6.41. The summed E-state index contributed by atoms with van der Waals surface area (Å²) in [6, 6.07) is 11.2. The van der Waals surface area contributed by atoms with Crippen LogP contribution in [0.15, 0.2) is 36.4 Å². The minimum Gasteiger partial charge on any atom is -0.495 e. The number of benzene rings is 2. The van der Waals surface area contributed by atoms with Crippen molar-refractivity contribution in [1.29, 1.82) is 0 Å². The van der Waals surface area contributed by atoms with E-state index in [1.807, 2.05) is 32.0 Å². The van der Waals surface area contributed by atoms with E-state index in [-0.39, 0.29) is 12.5 Å². The average Bonchev–Trinajstić information content (AvgIpc) is 2.44. The average molecular weight is 319 g/mol. The number of hydrogen-bond acceptors (Lipinski definition) is 3. The number of carbonyl (C=O) groups is 1. The summed E-state index contributed by atoms with van der Waals surface area (Å²) >= 11 is 6.04. The lowest BCUT2D eigenvalue weighted by Crippen LogP contribution is -2.21. The van der Waals surface area contributed by atoms with Crippen LogP contribution in [0.4, 0.5) is 11.4 Å². The van der Waals surface area contributed by atoms with Gasteiger partial charge in [-0.25, -0.2) is 0 Å². The summed E-state index contributed by atoms with van der Waals surface area (Å²) in [4.78, 5) is 12.0. The Kier molecular flexibility index (Phi) is 5.28. The van der Waals surface area contributed by atoms with Crippen LogP contribution in [0.3, 0.4) is 0 Å². The maximum Gasteiger partial charge on any atom is 0.243 e. The standard InChI is InChI=1S/C17H19ClN2O2/c1-11-6-12(2)8-14(7-11)20-17(21)10-19-13-4-5-16(22-3)15(18)9-13/h4-9,19H,10H2,1-3H3,(H,20,21). The van der Waals surface area contributed by atoms with Gasteiger partial charge in [0.1, 0.15) is 5.75 Å². The molecule has 1 amide bonds. The summed E-state index contributed by atoms with van der Waals surface area (Å²) in [5.41, 5.74) is 3.80. The fraction of sp³-hybridized carbons (Fsp3) is 0.235. The van der Waals surface area contributed by atoms with Crippen molar-refractivity contribution in [3.8, 4) is 5.75 Å². The summed E-state index contributed by atoms with van der Waals surface area (Å²) in [6.45, 7) is 4.16. The molecule has 0 aliphatic carbocycles. The van der Waals surface area contributed by atoms with Gasteiger partial charge in [0.25, 0.3) is 0 Å². The third-order valence-electron chi connectivity index (χ3n) is 3.11. The molecule has 0 radical (unpaired) electrons. The fourth-order valence-electron chi connectivity index (χ4n) is 2.21. The van der Waals surface area contributed by atoms with Crippen LogP contribution in [-0.4, -0.2) is 19.6 Å². The van der Waals surface area contributed by atoms with Gasteiger partial charge < -0.3 is 15.4 Å². The van der Waals surface area contributed by atoms with Gasteiger partial charge in [-0.05, 0) is 55.3 Å². The van der Waals surface area contributed by atoms with E-state index in [4.69, 9.17) is 16.3 Å². The molecule has 0 fully saturated rings. The maximum atomic E-state index is 12.0. The Labute approximate surface area is 135 Å². The number of nitrogens with one attached hydrogen (secondary N) is 2. The Morgan fingerprint density at radius 3 is 2.36 bits per heavy atom. The van der Waals surface area contributed by atoms with Gasteiger partial charge in [-0.3, -0.25) is 4.79 Å². The van der Waals surface area contributed by atoms with E-state index in [9.17, 15) is 4.79 Å². The minimum absolute atomic E-state index is 0.114. The smallest absolute Gasteiger partial charge is 0.243 e. The molecule has 0 unspecified atom stereocenters. The van der Waals surface area contributed by atoms with Crippen LogP contribution in [0, 0.1) is 13.8 Å². The molecule has 0 aliphatic heterocycles. The van der Waals surface area contributed by atoms with E-state index in [2.05, 4.69) is 16.7 Å². The van der Waals surface area contributed by atoms with E-state index < -0.39 is 0 Å². The predicted molar refractivity (Wildman–Crippen MR) is 91.0 cm³/mol. The molecule has 22 heavy (non-hydrogen) atoms. The number of ether oxygens (including phenoxy) is 1. The topological polar surface area (TPSA) is 50.4 Å². The summed E-state index contributed by atoms with van der Waals surface area (Å²) in [6.07, 6.45) is 0. The molecule has 116 valence electrons. The van der Waals surface area contributed by atoms with E-state index in [1.54, 1.807) is 19.2 Å². The predicted octanol–water partition coefficient (Wildman–Crippen LogP) is 4.02. The molecule has 2 aromatic carbocycles. The van der Waals surface area contributed by atoms with Crippen LogP contribution in [0.1, 0.15) is 11.1 Å². The van der Waals surface area contributed by atoms with Crippen molar-refractivity contribution in [2.45, 2.75) is 13.8 Å². The van der Waals surface area contributed by atoms with E-state index >= 15 is 0 Å². The lowest BCUT2D eigenvalue weighted by Gasteiger charge is -2.10. The molecule has 0 saturated heterocycles. The number of hydrogen-bond donors (Lipinski definition) is 2. The highest BCUT2D eigenvalue weighted by Gasteiger charge is 2.05. The van der Waals surface area contributed by atoms with Crippen molar-refractivity contribution >= 4 is 28.9 Å². The summed E-state index contributed by atoms with van der Waals surface area (Å²) in [5.74, 6) is 0.490. The third-order valence-corrected chi connectivity index (χ3v) is 3.41. The van der Waals surface area contributed by atoms with Crippen molar-refractivity contribution in [1.82, 2.24) is 0 Å². The Hall–Kier alpha value is -2.20. The highest BCUT2D eigenvalue weighted by molar-refractivity contribution is 6.32. The maximum absolute atomic E-state index is 12.0. The van der Waals surface area contributed by atoms with Crippen LogP contribution in [0.25, 0.3) is 0 Å². The number of carbonyl (C=O) groups excluding carboxylic acids is 1. The van der Waals surface area contributed by atoms with Crippen molar-refractivity contribution in [3.05, 3.63) is 52.5 Å². The SMILES string of the molecule is COc1ccc(NCC(=O)Nc2cc(C)cc(C)c2)cc1Cl. The Bertz CT molecular complexity index is 666. The van der Waals surface area contributed by atoms with Gasteiger partial charge >= 0.3 is 0 Å². The summed E-state index contributed by atoms with van der Waals surface area (Å²) < 4.78 is 5.09. The zero-order valence-electron chi connectivity index (χ0n) is 12.9. The molecular weight excluding hydrogens is 300 g/mol. The lowest BCUT2D eigenvalue weighted by molar-refractivity contribution is -0.114. The number of anilines is 2. The van der Waals surface area contributed by atoms with Gasteiger partial charge in [-0.2, -0.15) is 0 Å². The van der Waals surface area contributed by atoms with Gasteiger partial charge in [0.05, 0.1) is 18.7 Å². The van der Waals surface area contributed by atoms with Crippen LogP contribution in [-0.2, 0) is 4.79 Å². The first-order valence-corrected chi connectivity index (χ1v) is 7.31. The normalized spacial score (nSPS) is 10.2. The van der Waals surface area contributed by atoms with Crippen molar-refractivity contribution in [3.63, 3.8) is 0 Å². The zero-order valence-corrected chi connectivity index (χ0v) is 13.6. The van der Waals surface area contributed by atoms with Crippen molar-refractivity contribution in [2.75, 3.05) is 24.3 Å². The first-order valence-electron chi connectivity index (χ1n) is 6.93. The first kappa shape index (κ1) is 16.2. The molecule has 0 atom stereocenters. The first-order chi connectivity index (χ1) is 10.5. The Morgan fingerprint density at radius 2 is 1.77 bits per heavy atom. The van der Waals surface area contributed by atoms with Crippen LogP contribution < -0.4 is 15.4 Å². The third kappa shape index (κ3) is 4.40. The van der Waals surface area contributed by atoms with Gasteiger partial charge in [0.2, 0.25) is 5.91 Å². The van der Waals surface area contributed by atoms with Crippen LogP contribution in [0.5, 0.6) is 5.75 Å². The molecule has 0 aliphatic rings. The van der Waals surface area contributed by atoms with E-state index in [1.165, 1.54) is 0 Å². The molecule has 2 aromatic rings. The lowest BCUT2D eigenvalue weighted by atomic mass is 10.1. The van der Waals surface area contributed by atoms with Crippen molar-refractivity contribution in [2.24, 2.45) is 0 Å². The van der Waals surface area contributed by atoms with E-state index in [0.717, 1.165) is 22.5 Å². The Balaban J connectivity index is 1.94. The van der Waals surface area contributed by atoms with Gasteiger partial charge in [0, 0.05) is 11.4 Å². The van der Waals surface area contributed by atoms with Gasteiger partial charge in [-0.1, -0.05) is 17.7 Å². The molecule has 2 rings (SSSR count). The molecule has 0 spiro atoms. The molecule has 5 heteroatoms. The number of halogens is 1. The molecule has 0 bridgehead atoms. The van der Waals surface area contributed by atoms with Crippen LogP contribution in [0.2, 0.25) is 5.02 Å². The van der Waals surface area contributed by atoms with E-state index in [0.29, 0.717) is 10.8 Å². The number of rotatable bonds is 5. The number of methoxy groups -OCH3 is 1. The number of amides is 1. The van der Waals surface area contributed by atoms with Gasteiger partial charge in [0.15, 0.2) is 0 Å². The fourth-order valence-corrected chi connectivity index (χ4v) is 2.47. The second-order valence-electron chi connectivity index (χ2n) is 5.13. The second kappa shape index (κ2) is 7.18. The molecule has 4 nitrogen and oxygen atoms in total. The Morgan fingerprint density at radius 1 is 1.09 bits per heavy atom. The highest BCUT2D eigenvalue weighted by Crippen LogP contribution is 2.27.